The zero-order valence-electron chi connectivity index (χ0n) is 16.2. The van der Waals surface area contributed by atoms with E-state index in [-0.39, 0.29) is 22.8 Å². The summed E-state index contributed by atoms with van der Waals surface area (Å²) in [6.45, 7) is 0.295. The number of ether oxygens (including phenoxy) is 1. The van der Waals surface area contributed by atoms with E-state index in [1.54, 1.807) is 0 Å². The number of nitrogens with two attached hydrogens (primary N) is 1. The van der Waals surface area contributed by atoms with E-state index in [1.807, 2.05) is 30.3 Å². The molecule has 0 heterocycles. The maximum Gasteiger partial charge on any atom is 0.306 e. The number of esters is 1. The van der Waals surface area contributed by atoms with E-state index in [0.29, 0.717) is 18.7 Å². The number of nitrogens with one attached hydrogen (secondary N) is 2. The zero-order chi connectivity index (χ0) is 22.0. The molecule has 10 heteroatoms. The van der Waals surface area contributed by atoms with Crippen LogP contribution in [0, 0.1) is 0 Å². The van der Waals surface area contributed by atoms with E-state index in [2.05, 4.69) is 10.6 Å². The van der Waals surface area contributed by atoms with E-state index >= 15 is 0 Å². The molecule has 0 fully saturated rings. The lowest BCUT2D eigenvalue weighted by Crippen LogP contribution is -2.34. The summed E-state index contributed by atoms with van der Waals surface area (Å²) in [5.41, 5.74) is 1.65. The first-order valence-electron chi connectivity index (χ1n) is 9.17. The van der Waals surface area contributed by atoms with Gasteiger partial charge in [-0.2, -0.15) is 0 Å². The van der Waals surface area contributed by atoms with Gasteiger partial charge in [-0.15, -0.1) is 0 Å². The highest BCUT2D eigenvalue weighted by Gasteiger charge is 2.11. The number of carbonyl (C=O) groups excluding carboxylic acids is 2. The van der Waals surface area contributed by atoms with E-state index in [4.69, 9.17) is 22.1 Å². The summed E-state index contributed by atoms with van der Waals surface area (Å²) in [6.07, 6.45) is 1.40. The molecule has 1 amide bonds. The van der Waals surface area contributed by atoms with E-state index < -0.39 is 21.9 Å². The van der Waals surface area contributed by atoms with Crippen LogP contribution in [-0.2, 0) is 30.8 Å². The molecule has 8 nitrogen and oxygen atoms in total. The topological polar surface area (TPSA) is 128 Å². The third-order valence-electron chi connectivity index (χ3n) is 3.97. The number of aryl methyl sites for hydroxylation is 1. The van der Waals surface area contributed by atoms with Gasteiger partial charge in [0, 0.05) is 12.1 Å². The molecule has 0 unspecified atom stereocenters. The second-order valence-electron chi connectivity index (χ2n) is 6.38. The van der Waals surface area contributed by atoms with Crippen LogP contribution < -0.4 is 15.8 Å². The van der Waals surface area contributed by atoms with Crippen molar-refractivity contribution in [3.05, 3.63) is 60.2 Å². The summed E-state index contributed by atoms with van der Waals surface area (Å²) in [4.78, 5) is 23.6. The maximum absolute atomic E-state index is 11.9. The quantitative estimate of drug-likeness (QED) is 0.304. The molecule has 30 heavy (non-hydrogen) atoms. The Balaban J connectivity index is 1.63. The van der Waals surface area contributed by atoms with Gasteiger partial charge in [0.15, 0.2) is 5.11 Å². The van der Waals surface area contributed by atoms with Crippen LogP contribution in [0.2, 0.25) is 0 Å². The average molecular weight is 450 g/mol. The summed E-state index contributed by atoms with van der Waals surface area (Å²) in [7, 11) is -3.78. The Bertz CT molecular complexity index is 977. The first-order chi connectivity index (χ1) is 14.2. The first-order valence-corrected chi connectivity index (χ1v) is 11.1. The molecule has 4 N–H and O–H groups in total. The molecular weight excluding hydrogens is 426 g/mol. The van der Waals surface area contributed by atoms with Gasteiger partial charge < -0.3 is 15.4 Å². The normalized spacial score (nSPS) is 10.8. The number of hydrogen-bond acceptors (Lipinski definition) is 6. The minimum absolute atomic E-state index is 0.0274. The highest BCUT2D eigenvalue weighted by molar-refractivity contribution is 7.89. The zero-order valence-corrected chi connectivity index (χ0v) is 17.8. The third-order valence-corrected chi connectivity index (χ3v) is 5.10. The van der Waals surface area contributed by atoms with Gasteiger partial charge in [-0.3, -0.25) is 9.59 Å². The Kier molecular flexibility index (Phi) is 8.90. The number of benzene rings is 2. The van der Waals surface area contributed by atoms with Crippen molar-refractivity contribution in [2.75, 3.05) is 11.9 Å². The lowest BCUT2D eigenvalue weighted by molar-refractivity contribution is -0.145. The van der Waals surface area contributed by atoms with Crippen LogP contribution in [0.5, 0.6) is 0 Å². The van der Waals surface area contributed by atoms with Gasteiger partial charge >= 0.3 is 5.97 Å². The predicted octanol–water partition coefficient (Wildman–Crippen LogP) is 2.10. The summed E-state index contributed by atoms with van der Waals surface area (Å²) < 4.78 is 27.6. The fourth-order valence-electron chi connectivity index (χ4n) is 2.47. The Hall–Kier alpha value is -2.82. The van der Waals surface area contributed by atoms with E-state index in [9.17, 15) is 18.0 Å². The number of hydrogen-bond donors (Lipinski definition) is 3. The molecule has 160 valence electrons. The largest absolute Gasteiger partial charge is 0.466 e. The van der Waals surface area contributed by atoms with Crippen molar-refractivity contribution in [1.29, 1.82) is 0 Å². The molecular formula is C20H23N3O5S2. The molecule has 2 aromatic carbocycles. The Labute approximate surface area is 180 Å². The van der Waals surface area contributed by atoms with Crippen LogP contribution in [0.25, 0.3) is 0 Å². The van der Waals surface area contributed by atoms with Crippen LogP contribution in [-0.4, -0.2) is 32.0 Å². The van der Waals surface area contributed by atoms with Gasteiger partial charge in [-0.05, 0) is 54.9 Å². The second kappa shape index (κ2) is 11.4. The molecule has 0 saturated carbocycles. The summed E-state index contributed by atoms with van der Waals surface area (Å²) in [5, 5.41) is 10.2. The van der Waals surface area contributed by atoms with Crippen LogP contribution in [0.3, 0.4) is 0 Å². The number of carbonyl (C=O) groups is 2. The van der Waals surface area contributed by atoms with Gasteiger partial charge in [0.1, 0.15) is 0 Å². The first kappa shape index (κ1) is 23.5. The number of amides is 1. The number of primary sulfonamides is 1. The van der Waals surface area contributed by atoms with Gasteiger partial charge in [-0.1, -0.05) is 30.3 Å². The molecule has 0 aliphatic heterocycles. The molecule has 0 aliphatic carbocycles. The fourth-order valence-corrected chi connectivity index (χ4v) is 3.22. The Morgan fingerprint density at radius 3 is 2.30 bits per heavy atom. The maximum atomic E-state index is 11.9. The Morgan fingerprint density at radius 1 is 1.00 bits per heavy atom. The molecule has 2 rings (SSSR count). The lowest BCUT2D eigenvalue weighted by atomic mass is 10.1. The summed E-state index contributed by atoms with van der Waals surface area (Å²) >= 11 is 5.03. The van der Waals surface area contributed by atoms with Gasteiger partial charge in [-0.25, -0.2) is 13.6 Å². The van der Waals surface area contributed by atoms with Crippen molar-refractivity contribution in [2.45, 2.75) is 30.6 Å². The highest BCUT2D eigenvalue weighted by Crippen LogP contribution is 2.12. The van der Waals surface area contributed by atoms with Crippen molar-refractivity contribution in [2.24, 2.45) is 5.14 Å². The van der Waals surface area contributed by atoms with Gasteiger partial charge in [0.05, 0.1) is 17.9 Å². The minimum Gasteiger partial charge on any atom is -0.466 e. The molecule has 0 aliphatic rings. The molecule has 0 bridgehead atoms. The second-order valence-corrected chi connectivity index (χ2v) is 8.35. The standard InChI is InChI=1S/C20H23N3O5S2/c21-30(26,27)17-10-8-16(9-11-17)22-20(29)23-18(24)12-13-19(25)28-14-4-7-15-5-2-1-3-6-15/h1-3,5-6,8-11H,4,7,12-14H2,(H2,21,26,27)(H2,22,23,24,29). The lowest BCUT2D eigenvalue weighted by Gasteiger charge is -2.10. The van der Waals surface area contributed by atoms with Gasteiger partial charge in [0.25, 0.3) is 0 Å². The predicted molar refractivity (Wildman–Crippen MR) is 117 cm³/mol. The highest BCUT2D eigenvalue weighted by atomic mass is 32.2. The molecule has 0 spiro atoms. The Morgan fingerprint density at radius 2 is 1.67 bits per heavy atom. The van der Waals surface area contributed by atoms with Crippen LogP contribution in [0.4, 0.5) is 5.69 Å². The summed E-state index contributed by atoms with van der Waals surface area (Å²) in [6, 6.07) is 15.4. The molecule has 2 aromatic rings. The SMILES string of the molecule is NS(=O)(=O)c1ccc(NC(=S)NC(=O)CCC(=O)OCCCc2ccccc2)cc1. The van der Waals surface area contributed by atoms with Gasteiger partial charge in [0.2, 0.25) is 15.9 Å². The van der Waals surface area contributed by atoms with Crippen molar-refractivity contribution in [3.63, 3.8) is 0 Å². The smallest absolute Gasteiger partial charge is 0.306 e. The summed E-state index contributed by atoms with van der Waals surface area (Å²) in [5.74, 6) is -0.884. The van der Waals surface area contributed by atoms with Crippen LogP contribution in [0.1, 0.15) is 24.8 Å². The molecule has 0 aromatic heterocycles. The minimum atomic E-state index is -3.78. The van der Waals surface area contributed by atoms with Crippen molar-refractivity contribution < 1.29 is 22.7 Å². The van der Waals surface area contributed by atoms with Crippen LogP contribution >= 0.6 is 12.2 Å². The van der Waals surface area contributed by atoms with E-state index in [0.717, 1.165) is 6.42 Å². The van der Waals surface area contributed by atoms with E-state index in [1.165, 1.54) is 29.8 Å². The van der Waals surface area contributed by atoms with Crippen LogP contribution in [0.15, 0.2) is 59.5 Å². The van der Waals surface area contributed by atoms with Crippen molar-refractivity contribution in [3.8, 4) is 0 Å². The fraction of sp³-hybridized carbons (Fsp3) is 0.250. The molecule has 0 atom stereocenters. The number of thiocarbonyl (C=S) groups is 1. The number of sulfonamides is 1. The third kappa shape index (κ3) is 8.68. The number of rotatable bonds is 9. The number of anilines is 1. The molecule has 0 saturated heterocycles. The van der Waals surface area contributed by atoms with Crippen molar-refractivity contribution in [1.82, 2.24) is 5.32 Å². The monoisotopic (exact) mass is 449 g/mol. The van der Waals surface area contributed by atoms with Crippen molar-refractivity contribution >= 4 is 44.9 Å². The molecule has 0 radical (unpaired) electrons. The average Bonchev–Trinajstić information content (AvgIpc) is 2.70.